The largest absolute Gasteiger partial charge is 0.496 e. The van der Waals surface area contributed by atoms with Crippen LogP contribution in [0, 0.1) is 0 Å². The van der Waals surface area contributed by atoms with Gasteiger partial charge in [0.1, 0.15) is 23.7 Å². The van der Waals surface area contributed by atoms with Crippen LogP contribution in [0.1, 0.15) is 35.7 Å². The molecule has 0 saturated heterocycles. The van der Waals surface area contributed by atoms with E-state index in [0.717, 1.165) is 22.6 Å². The highest BCUT2D eigenvalue weighted by Gasteiger charge is 2.15. The van der Waals surface area contributed by atoms with Gasteiger partial charge in [0.25, 0.3) is 5.91 Å². The van der Waals surface area contributed by atoms with Crippen LogP contribution in [0.5, 0.6) is 5.75 Å². The monoisotopic (exact) mass is 464 g/mol. The lowest BCUT2D eigenvalue weighted by Crippen LogP contribution is -2.21. The van der Waals surface area contributed by atoms with E-state index in [1.807, 2.05) is 31.2 Å². The van der Waals surface area contributed by atoms with Crippen LogP contribution in [0.2, 0.25) is 0 Å². The second-order valence-corrected chi connectivity index (χ2v) is 8.04. The first-order chi connectivity index (χ1) is 16.4. The lowest BCUT2D eigenvalue weighted by atomic mass is 9.98. The number of nitrogens with zero attached hydrogens (tertiary/aromatic N) is 3. The number of pyridine rings is 1. The number of benzene rings is 1. The normalized spacial score (nSPS) is 12.5. The van der Waals surface area contributed by atoms with E-state index in [2.05, 4.69) is 37.8 Å². The molecule has 2 aromatic heterocycles. The summed E-state index contributed by atoms with van der Waals surface area (Å²) in [6, 6.07) is 11.5. The number of hydrogen-bond donors (Lipinski definition) is 3. The number of carbonyl (C=O) groups excluding carboxylic acids is 1. The van der Waals surface area contributed by atoms with Crippen molar-refractivity contribution in [3.8, 4) is 17.0 Å². The minimum atomic E-state index is -0.146. The van der Waals surface area contributed by atoms with Crippen LogP contribution in [0.3, 0.4) is 0 Å². The summed E-state index contributed by atoms with van der Waals surface area (Å²) in [5.74, 6) is 2.15. The molecule has 2 atom stereocenters. The lowest BCUT2D eigenvalue weighted by molar-refractivity contribution is 0.0962. The zero-order chi connectivity index (χ0) is 24.5. The van der Waals surface area contributed by atoms with E-state index < -0.39 is 0 Å². The van der Waals surface area contributed by atoms with Crippen molar-refractivity contribution in [2.24, 2.45) is 0 Å². The summed E-state index contributed by atoms with van der Waals surface area (Å²) < 4.78 is 10.7. The summed E-state index contributed by atoms with van der Waals surface area (Å²) in [4.78, 5) is 25.1. The van der Waals surface area contributed by atoms with Crippen molar-refractivity contribution in [1.82, 2.24) is 20.3 Å². The predicted octanol–water partition coefficient (Wildman–Crippen LogP) is 3.57. The van der Waals surface area contributed by atoms with E-state index in [-0.39, 0.29) is 17.9 Å². The number of anilines is 2. The van der Waals surface area contributed by atoms with Gasteiger partial charge in [-0.05, 0) is 36.8 Å². The third-order valence-corrected chi connectivity index (χ3v) is 5.38. The zero-order valence-corrected chi connectivity index (χ0v) is 20.3. The maximum Gasteiger partial charge on any atom is 0.251 e. The quantitative estimate of drug-likeness (QED) is 0.395. The van der Waals surface area contributed by atoms with Crippen molar-refractivity contribution < 1.29 is 14.3 Å². The molecule has 0 saturated carbocycles. The summed E-state index contributed by atoms with van der Waals surface area (Å²) in [7, 11) is 4.89. The van der Waals surface area contributed by atoms with Crippen LogP contribution in [0.4, 0.5) is 11.6 Å². The average molecular weight is 465 g/mol. The molecule has 3 N–H and O–H groups in total. The second-order valence-electron chi connectivity index (χ2n) is 8.04. The van der Waals surface area contributed by atoms with Gasteiger partial charge in [0.05, 0.1) is 19.4 Å². The maximum atomic E-state index is 11.9. The van der Waals surface area contributed by atoms with Crippen LogP contribution in [0.25, 0.3) is 11.3 Å². The molecule has 0 aliphatic rings. The number of amides is 1. The van der Waals surface area contributed by atoms with Crippen LogP contribution in [0.15, 0.2) is 48.9 Å². The molecule has 34 heavy (non-hydrogen) atoms. The fraction of sp³-hybridized carbons (Fsp3) is 0.360. The highest BCUT2D eigenvalue weighted by molar-refractivity contribution is 5.94. The molecule has 0 spiro atoms. The summed E-state index contributed by atoms with van der Waals surface area (Å²) in [5, 5.41) is 9.29. The molecule has 0 aliphatic carbocycles. The van der Waals surface area contributed by atoms with Crippen LogP contribution in [-0.4, -0.2) is 61.3 Å². The van der Waals surface area contributed by atoms with Crippen LogP contribution >= 0.6 is 0 Å². The van der Waals surface area contributed by atoms with Crippen LogP contribution in [-0.2, 0) is 4.74 Å². The van der Waals surface area contributed by atoms with Crippen molar-refractivity contribution in [3.05, 3.63) is 60.0 Å². The Morgan fingerprint density at radius 1 is 1.03 bits per heavy atom. The second kappa shape index (κ2) is 11.9. The SMILES string of the molecule is CNC(=O)c1ccc(C(C)CNc2cc(-c3ccc(NC(C)COC)nc3)ncn2)c(OC)c1. The Balaban J connectivity index is 1.66. The molecule has 0 radical (unpaired) electrons. The number of methoxy groups -OCH3 is 2. The fourth-order valence-corrected chi connectivity index (χ4v) is 3.56. The standard InChI is InChI=1S/C25H32N6O3/c1-16(20-8-6-18(25(32)26-3)10-22(20)34-5)12-27-24-11-21(29-15-30-24)19-7-9-23(28-13-19)31-17(2)14-33-4/h6-11,13,15-17H,12,14H2,1-5H3,(H,26,32)(H,28,31)(H,27,29,30). The number of nitrogens with one attached hydrogen (secondary N) is 3. The molecule has 2 unspecified atom stereocenters. The zero-order valence-electron chi connectivity index (χ0n) is 20.3. The fourth-order valence-electron chi connectivity index (χ4n) is 3.56. The van der Waals surface area contributed by atoms with Crippen LogP contribution < -0.4 is 20.7 Å². The molecule has 180 valence electrons. The molecule has 2 heterocycles. The summed E-state index contributed by atoms with van der Waals surface area (Å²) in [6.45, 7) is 5.36. The summed E-state index contributed by atoms with van der Waals surface area (Å²) in [5.41, 5.74) is 3.25. The van der Waals surface area contributed by atoms with E-state index in [0.29, 0.717) is 30.3 Å². The predicted molar refractivity (Wildman–Crippen MR) is 134 cm³/mol. The highest BCUT2D eigenvalue weighted by atomic mass is 16.5. The van der Waals surface area contributed by atoms with Crippen molar-refractivity contribution in [2.75, 3.05) is 45.1 Å². The van der Waals surface area contributed by atoms with E-state index in [1.165, 1.54) is 6.33 Å². The lowest BCUT2D eigenvalue weighted by Gasteiger charge is -2.17. The van der Waals surface area contributed by atoms with Gasteiger partial charge in [-0.15, -0.1) is 0 Å². The highest BCUT2D eigenvalue weighted by Crippen LogP contribution is 2.28. The number of ether oxygens (including phenoxy) is 2. The number of aromatic nitrogens is 3. The van der Waals surface area contributed by atoms with E-state index in [1.54, 1.807) is 39.6 Å². The van der Waals surface area contributed by atoms with Crippen molar-refractivity contribution in [2.45, 2.75) is 25.8 Å². The molecule has 0 bridgehead atoms. The van der Waals surface area contributed by atoms with Gasteiger partial charge in [0.15, 0.2) is 0 Å². The molecule has 3 rings (SSSR count). The van der Waals surface area contributed by atoms with E-state index in [4.69, 9.17) is 9.47 Å². The Hall–Kier alpha value is -3.72. The minimum Gasteiger partial charge on any atom is -0.496 e. The molecule has 0 fully saturated rings. The number of hydrogen-bond acceptors (Lipinski definition) is 8. The third-order valence-electron chi connectivity index (χ3n) is 5.38. The number of carbonyl (C=O) groups is 1. The Bertz CT molecular complexity index is 1090. The van der Waals surface area contributed by atoms with Gasteiger partial charge >= 0.3 is 0 Å². The van der Waals surface area contributed by atoms with Crippen molar-refractivity contribution in [1.29, 1.82) is 0 Å². The van der Waals surface area contributed by atoms with Gasteiger partial charge in [-0.25, -0.2) is 15.0 Å². The average Bonchev–Trinajstić information content (AvgIpc) is 2.87. The van der Waals surface area contributed by atoms with E-state index >= 15 is 0 Å². The Morgan fingerprint density at radius 2 is 1.85 bits per heavy atom. The van der Waals surface area contributed by atoms with Gasteiger partial charge in [0.2, 0.25) is 0 Å². The van der Waals surface area contributed by atoms with Gasteiger partial charge in [-0.2, -0.15) is 0 Å². The smallest absolute Gasteiger partial charge is 0.251 e. The van der Waals surface area contributed by atoms with Gasteiger partial charge < -0.3 is 25.4 Å². The molecule has 1 amide bonds. The minimum absolute atomic E-state index is 0.119. The maximum absolute atomic E-state index is 11.9. The Kier molecular flexibility index (Phi) is 8.75. The molecule has 1 aromatic carbocycles. The molecule has 3 aromatic rings. The Morgan fingerprint density at radius 3 is 2.53 bits per heavy atom. The molecule has 0 aliphatic heterocycles. The third kappa shape index (κ3) is 6.41. The first kappa shape index (κ1) is 24.9. The van der Waals surface area contributed by atoms with E-state index in [9.17, 15) is 4.79 Å². The Labute approximate surface area is 200 Å². The van der Waals surface area contributed by atoms with Gasteiger partial charge in [0, 0.05) is 56.1 Å². The van der Waals surface area contributed by atoms with Crippen molar-refractivity contribution in [3.63, 3.8) is 0 Å². The first-order valence-corrected chi connectivity index (χ1v) is 11.1. The number of rotatable bonds is 11. The topological polar surface area (TPSA) is 110 Å². The molecule has 9 nitrogen and oxygen atoms in total. The summed E-state index contributed by atoms with van der Waals surface area (Å²) >= 11 is 0. The van der Waals surface area contributed by atoms with Gasteiger partial charge in [-0.3, -0.25) is 4.79 Å². The molecule has 9 heteroatoms. The molecular formula is C25H32N6O3. The van der Waals surface area contributed by atoms with Crippen molar-refractivity contribution >= 4 is 17.5 Å². The summed E-state index contributed by atoms with van der Waals surface area (Å²) in [6.07, 6.45) is 3.32. The first-order valence-electron chi connectivity index (χ1n) is 11.1. The van der Waals surface area contributed by atoms with Gasteiger partial charge in [-0.1, -0.05) is 13.0 Å². The molecular weight excluding hydrogens is 432 g/mol.